The maximum Gasteiger partial charge on any atom is 0.287 e. The van der Waals surface area contributed by atoms with Gasteiger partial charge in [0.1, 0.15) is 16.9 Å². The lowest BCUT2D eigenvalue weighted by Crippen LogP contribution is -2.33. The molecular formula is C13H10Cl2FN3O2. The molecule has 21 heavy (non-hydrogen) atoms. The zero-order valence-corrected chi connectivity index (χ0v) is 12.3. The van der Waals surface area contributed by atoms with Gasteiger partial charge in [-0.2, -0.15) is 5.10 Å². The van der Waals surface area contributed by atoms with Crippen molar-refractivity contribution in [3.8, 4) is 0 Å². The second-order valence-electron chi connectivity index (χ2n) is 4.20. The van der Waals surface area contributed by atoms with Gasteiger partial charge in [-0.25, -0.2) is 9.07 Å². The molecule has 1 amide bonds. The van der Waals surface area contributed by atoms with Gasteiger partial charge in [-0.15, -0.1) is 0 Å². The van der Waals surface area contributed by atoms with E-state index in [1.807, 2.05) is 0 Å². The van der Waals surface area contributed by atoms with Crippen LogP contribution in [0.4, 0.5) is 10.1 Å². The standard InChI is InChI=1S/C13H10Cl2FN3O2/c1-7(19-13(21)11(15)8(14)6-17-19)12(20)18-10-5-3-2-4-9(10)16/h2-7H,1H3,(H,18,20)/t7-/m0/s1. The van der Waals surface area contributed by atoms with E-state index >= 15 is 0 Å². The molecule has 1 heterocycles. The van der Waals surface area contributed by atoms with E-state index in [0.717, 1.165) is 10.9 Å². The SMILES string of the molecule is C[C@@H](C(=O)Nc1ccccc1F)n1ncc(Cl)c(Cl)c1=O. The summed E-state index contributed by atoms with van der Waals surface area (Å²) in [6.45, 7) is 1.44. The molecule has 0 saturated heterocycles. The number of carbonyl (C=O) groups excluding carboxylic acids is 1. The fourth-order valence-corrected chi connectivity index (χ4v) is 1.87. The first-order valence-electron chi connectivity index (χ1n) is 5.90. The number of rotatable bonds is 3. The molecule has 2 rings (SSSR count). The van der Waals surface area contributed by atoms with Crippen LogP contribution in [-0.4, -0.2) is 15.7 Å². The minimum absolute atomic E-state index is 0.000344. The van der Waals surface area contributed by atoms with Gasteiger partial charge in [-0.1, -0.05) is 35.3 Å². The number of aromatic nitrogens is 2. The van der Waals surface area contributed by atoms with Crippen LogP contribution in [0.2, 0.25) is 10.0 Å². The number of anilines is 1. The van der Waals surface area contributed by atoms with Crippen molar-refractivity contribution in [3.05, 3.63) is 56.7 Å². The van der Waals surface area contributed by atoms with E-state index in [2.05, 4.69) is 10.4 Å². The molecule has 1 N–H and O–H groups in total. The largest absolute Gasteiger partial charge is 0.322 e. The number of halogens is 3. The molecule has 0 saturated carbocycles. The zero-order chi connectivity index (χ0) is 15.6. The van der Waals surface area contributed by atoms with Crippen molar-refractivity contribution < 1.29 is 9.18 Å². The molecule has 0 unspecified atom stereocenters. The molecule has 0 aliphatic carbocycles. The average molecular weight is 330 g/mol. The van der Waals surface area contributed by atoms with E-state index in [1.54, 1.807) is 6.07 Å². The molecule has 0 radical (unpaired) electrons. The van der Waals surface area contributed by atoms with Gasteiger partial charge in [0, 0.05) is 0 Å². The molecule has 2 aromatic rings. The second kappa shape index (κ2) is 6.24. The van der Waals surface area contributed by atoms with Gasteiger partial charge in [-0.3, -0.25) is 9.59 Å². The van der Waals surface area contributed by atoms with Crippen LogP contribution < -0.4 is 10.9 Å². The minimum atomic E-state index is -0.980. The van der Waals surface area contributed by atoms with Crippen molar-refractivity contribution in [1.29, 1.82) is 0 Å². The summed E-state index contributed by atoms with van der Waals surface area (Å²) >= 11 is 11.4. The topological polar surface area (TPSA) is 64.0 Å². The highest BCUT2D eigenvalue weighted by Crippen LogP contribution is 2.17. The van der Waals surface area contributed by atoms with Gasteiger partial charge in [0.05, 0.1) is 16.9 Å². The van der Waals surface area contributed by atoms with E-state index in [-0.39, 0.29) is 15.7 Å². The Morgan fingerprint density at radius 3 is 2.71 bits per heavy atom. The van der Waals surface area contributed by atoms with Gasteiger partial charge in [0.25, 0.3) is 5.56 Å². The fourth-order valence-electron chi connectivity index (χ4n) is 1.61. The van der Waals surface area contributed by atoms with Crippen molar-refractivity contribution >= 4 is 34.8 Å². The molecular weight excluding hydrogens is 320 g/mol. The van der Waals surface area contributed by atoms with Gasteiger partial charge < -0.3 is 5.32 Å². The molecule has 0 fully saturated rings. The molecule has 0 bridgehead atoms. The number of hydrogen-bond donors (Lipinski definition) is 1. The first kappa shape index (κ1) is 15.5. The zero-order valence-electron chi connectivity index (χ0n) is 10.8. The monoisotopic (exact) mass is 329 g/mol. The van der Waals surface area contributed by atoms with Crippen LogP contribution in [0.1, 0.15) is 13.0 Å². The van der Waals surface area contributed by atoms with Crippen LogP contribution >= 0.6 is 23.2 Å². The number of amides is 1. The van der Waals surface area contributed by atoms with E-state index in [4.69, 9.17) is 23.2 Å². The quantitative estimate of drug-likeness (QED) is 0.941. The van der Waals surface area contributed by atoms with Crippen LogP contribution in [0.25, 0.3) is 0 Å². The molecule has 8 heteroatoms. The van der Waals surface area contributed by atoms with Crippen LogP contribution in [0.15, 0.2) is 35.3 Å². The third-order valence-corrected chi connectivity index (χ3v) is 3.53. The van der Waals surface area contributed by atoms with Crippen LogP contribution in [0, 0.1) is 5.82 Å². The third-order valence-electron chi connectivity index (χ3n) is 2.78. The van der Waals surface area contributed by atoms with Crippen molar-refractivity contribution in [3.63, 3.8) is 0 Å². The molecule has 110 valence electrons. The summed E-state index contributed by atoms with van der Waals surface area (Å²) in [5.41, 5.74) is -0.678. The summed E-state index contributed by atoms with van der Waals surface area (Å²) in [5.74, 6) is -1.18. The Morgan fingerprint density at radius 2 is 2.05 bits per heavy atom. The summed E-state index contributed by atoms with van der Waals surface area (Å²) in [6.07, 6.45) is 1.16. The summed E-state index contributed by atoms with van der Waals surface area (Å²) in [6, 6.07) is 4.72. The molecule has 0 spiro atoms. The van der Waals surface area contributed by atoms with Crippen molar-refractivity contribution in [2.75, 3.05) is 5.32 Å². The van der Waals surface area contributed by atoms with Crippen LogP contribution in [0.3, 0.4) is 0 Å². The van der Waals surface area contributed by atoms with Gasteiger partial charge in [0.15, 0.2) is 0 Å². The second-order valence-corrected chi connectivity index (χ2v) is 4.99. The van der Waals surface area contributed by atoms with Crippen molar-refractivity contribution in [1.82, 2.24) is 9.78 Å². The number of nitrogens with zero attached hydrogens (tertiary/aromatic N) is 2. The first-order valence-corrected chi connectivity index (χ1v) is 6.65. The number of para-hydroxylation sites is 1. The van der Waals surface area contributed by atoms with Crippen molar-refractivity contribution in [2.45, 2.75) is 13.0 Å². The van der Waals surface area contributed by atoms with Gasteiger partial charge >= 0.3 is 0 Å². The lowest BCUT2D eigenvalue weighted by Gasteiger charge is -2.14. The van der Waals surface area contributed by atoms with E-state index < -0.39 is 23.3 Å². The Kier molecular flexibility index (Phi) is 4.59. The maximum atomic E-state index is 13.5. The highest BCUT2D eigenvalue weighted by molar-refractivity contribution is 6.41. The highest BCUT2D eigenvalue weighted by atomic mass is 35.5. The minimum Gasteiger partial charge on any atom is -0.322 e. The average Bonchev–Trinajstić information content (AvgIpc) is 2.46. The Morgan fingerprint density at radius 1 is 1.38 bits per heavy atom. The first-order chi connectivity index (χ1) is 9.91. The summed E-state index contributed by atoms with van der Waals surface area (Å²) < 4.78 is 14.4. The van der Waals surface area contributed by atoms with Gasteiger partial charge in [-0.05, 0) is 19.1 Å². The van der Waals surface area contributed by atoms with E-state index in [1.165, 1.54) is 25.1 Å². The Hall–Kier alpha value is -1.92. The fraction of sp³-hybridized carbons (Fsp3) is 0.154. The third kappa shape index (κ3) is 3.22. The number of nitrogens with one attached hydrogen (secondary N) is 1. The lowest BCUT2D eigenvalue weighted by molar-refractivity contribution is -0.119. The van der Waals surface area contributed by atoms with Gasteiger partial charge in [0.2, 0.25) is 5.91 Å². The number of hydrogen-bond acceptors (Lipinski definition) is 3. The Labute approximate surface area is 129 Å². The Balaban J connectivity index is 2.27. The molecule has 5 nitrogen and oxygen atoms in total. The predicted molar refractivity (Wildman–Crippen MR) is 78.3 cm³/mol. The van der Waals surface area contributed by atoms with Crippen LogP contribution in [0.5, 0.6) is 0 Å². The summed E-state index contributed by atoms with van der Waals surface area (Å²) in [4.78, 5) is 23.9. The molecule has 1 aromatic carbocycles. The lowest BCUT2D eigenvalue weighted by atomic mass is 10.2. The summed E-state index contributed by atoms with van der Waals surface area (Å²) in [7, 11) is 0. The number of carbonyl (C=O) groups is 1. The normalized spacial score (nSPS) is 12.0. The van der Waals surface area contributed by atoms with Crippen LogP contribution in [-0.2, 0) is 4.79 Å². The highest BCUT2D eigenvalue weighted by Gasteiger charge is 2.20. The van der Waals surface area contributed by atoms with Crippen molar-refractivity contribution in [2.24, 2.45) is 0 Å². The van der Waals surface area contributed by atoms with E-state index in [0.29, 0.717) is 0 Å². The molecule has 0 aliphatic rings. The molecule has 1 atom stereocenters. The predicted octanol–water partition coefficient (Wildman–Crippen LogP) is 2.89. The number of benzene rings is 1. The molecule has 1 aromatic heterocycles. The van der Waals surface area contributed by atoms with E-state index in [9.17, 15) is 14.0 Å². The maximum absolute atomic E-state index is 13.5. The molecule has 0 aliphatic heterocycles. The smallest absolute Gasteiger partial charge is 0.287 e. The Bertz CT molecular complexity index is 748. The summed E-state index contributed by atoms with van der Waals surface area (Å²) in [5, 5.41) is 5.91.